The predicted octanol–water partition coefficient (Wildman–Crippen LogP) is 9.10. The molecule has 1 fully saturated rings. The minimum atomic E-state index is -1.58. The zero-order valence-corrected chi connectivity index (χ0v) is 38.0. The first-order chi connectivity index (χ1) is 28.0. The first-order valence-electron chi connectivity index (χ1n) is 24.0. The summed E-state index contributed by atoms with van der Waals surface area (Å²) in [5.74, 6) is -1.18. The molecule has 11 nitrogen and oxygen atoms in total. The van der Waals surface area contributed by atoms with Gasteiger partial charge in [0.25, 0.3) is 0 Å². The summed E-state index contributed by atoms with van der Waals surface area (Å²) in [4.78, 5) is 40.5. The fourth-order valence-electron chi connectivity index (χ4n) is 8.39. The molecule has 11 heteroatoms. The molecule has 58 heavy (non-hydrogen) atoms. The molecule has 0 aliphatic carbocycles. The fourth-order valence-corrected chi connectivity index (χ4v) is 8.39. The van der Waals surface area contributed by atoms with Gasteiger partial charge in [-0.25, -0.2) is 0 Å². The monoisotopic (exact) mass is 827 g/mol. The number of hydrogen-bond donors (Lipinski definition) is 4. The van der Waals surface area contributed by atoms with Crippen LogP contribution in [0.2, 0.25) is 0 Å². The SMILES string of the molecule is CCCCCCCCCCCCCCCCOCC(CN(C(=O)CCCCCCCCCCCCCCC)C(C)[C@]1(NC(C)=O)CO[C@H](CO)[C@@H](O)[C@@H]1O)OC(C)=O. The Morgan fingerprint density at radius 1 is 0.707 bits per heavy atom. The highest BCUT2D eigenvalue weighted by atomic mass is 16.6. The number of nitrogens with zero attached hydrogens (tertiary/aromatic N) is 1. The summed E-state index contributed by atoms with van der Waals surface area (Å²) in [5, 5.41) is 34.9. The largest absolute Gasteiger partial charge is 0.458 e. The Labute approximate surface area is 354 Å². The zero-order chi connectivity index (χ0) is 42.9. The standard InChI is InChI=1S/C47H90N2O9/c1-6-8-10-12-14-16-18-20-22-24-26-28-30-32-34-56-37-42(58-41(5)52)35-49(39(3)47(48-40(4)51)38-57-43(36-50)45(54)46(47)55)44(53)33-31-29-27-25-23-21-19-17-15-13-11-9-7-2/h39,42-43,45-46,50,54-55H,6-38H2,1-5H3,(H,48,51)/t39?,42?,43-,45-,46+,47-/m1/s1. The van der Waals surface area contributed by atoms with Crippen molar-refractivity contribution in [3.63, 3.8) is 0 Å². The molecule has 2 unspecified atom stereocenters. The molecule has 1 saturated heterocycles. The maximum absolute atomic E-state index is 14.1. The quantitative estimate of drug-likeness (QED) is 0.0353. The summed E-state index contributed by atoms with van der Waals surface area (Å²) >= 11 is 0. The predicted molar refractivity (Wildman–Crippen MR) is 234 cm³/mol. The molecule has 6 atom stereocenters. The van der Waals surface area contributed by atoms with Gasteiger partial charge < -0.3 is 39.7 Å². The number of nitrogens with one attached hydrogen (secondary N) is 1. The number of amides is 2. The van der Waals surface area contributed by atoms with Crippen LogP contribution in [0.3, 0.4) is 0 Å². The molecule has 0 aromatic carbocycles. The summed E-state index contributed by atoms with van der Waals surface area (Å²) in [5.41, 5.74) is -1.58. The summed E-state index contributed by atoms with van der Waals surface area (Å²) in [6, 6.07) is -0.876. The maximum Gasteiger partial charge on any atom is 0.303 e. The number of esters is 1. The van der Waals surface area contributed by atoms with Crippen molar-refractivity contribution in [2.75, 3.05) is 33.0 Å². The Morgan fingerprint density at radius 3 is 1.55 bits per heavy atom. The lowest BCUT2D eigenvalue weighted by atomic mass is 9.78. The van der Waals surface area contributed by atoms with Crippen molar-refractivity contribution in [2.24, 2.45) is 0 Å². The molecular weight excluding hydrogens is 737 g/mol. The third-order valence-corrected chi connectivity index (χ3v) is 12.1. The average Bonchev–Trinajstić information content (AvgIpc) is 3.19. The van der Waals surface area contributed by atoms with Crippen LogP contribution < -0.4 is 5.32 Å². The van der Waals surface area contributed by atoms with E-state index in [9.17, 15) is 29.7 Å². The summed E-state index contributed by atoms with van der Waals surface area (Å²) in [6.07, 6.45) is 28.5. The van der Waals surface area contributed by atoms with E-state index in [0.29, 0.717) is 13.0 Å². The normalized spacial score (nSPS) is 20.4. The second-order valence-corrected chi connectivity index (χ2v) is 17.3. The first kappa shape index (κ1) is 54.2. The number of aliphatic hydroxyl groups is 3. The molecule has 4 N–H and O–H groups in total. The Kier molecular flexibility index (Phi) is 32.6. The van der Waals surface area contributed by atoms with Gasteiger partial charge >= 0.3 is 5.97 Å². The van der Waals surface area contributed by atoms with E-state index < -0.39 is 54.5 Å². The molecular formula is C47H90N2O9. The van der Waals surface area contributed by atoms with E-state index in [1.165, 1.54) is 142 Å². The molecule has 1 aliphatic heterocycles. The van der Waals surface area contributed by atoms with Gasteiger partial charge in [0.15, 0.2) is 0 Å². The van der Waals surface area contributed by atoms with Crippen LogP contribution in [0.25, 0.3) is 0 Å². The van der Waals surface area contributed by atoms with E-state index in [0.717, 1.165) is 38.5 Å². The van der Waals surface area contributed by atoms with Gasteiger partial charge in [-0.3, -0.25) is 14.4 Å². The Balaban J connectivity index is 2.77. The van der Waals surface area contributed by atoms with E-state index in [2.05, 4.69) is 19.2 Å². The fraction of sp³-hybridized carbons (Fsp3) is 0.936. The van der Waals surface area contributed by atoms with Crippen molar-refractivity contribution >= 4 is 17.8 Å². The molecule has 0 aromatic rings. The Hall–Kier alpha value is -1.79. The van der Waals surface area contributed by atoms with E-state index in [1.54, 1.807) is 11.8 Å². The third-order valence-electron chi connectivity index (χ3n) is 12.1. The van der Waals surface area contributed by atoms with Gasteiger partial charge in [-0.2, -0.15) is 0 Å². The summed E-state index contributed by atoms with van der Waals surface area (Å²) in [7, 11) is 0. The van der Waals surface area contributed by atoms with Gasteiger partial charge in [0, 0.05) is 26.9 Å². The molecule has 0 spiro atoms. The van der Waals surface area contributed by atoms with Crippen molar-refractivity contribution in [3.05, 3.63) is 0 Å². The van der Waals surface area contributed by atoms with Gasteiger partial charge in [0.05, 0.1) is 32.4 Å². The highest BCUT2D eigenvalue weighted by Gasteiger charge is 2.55. The lowest BCUT2D eigenvalue weighted by Gasteiger charge is -2.52. The van der Waals surface area contributed by atoms with Crippen LogP contribution in [0.4, 0.5) is 0 Å². The van der Waals surface area contributed by atoms with E-state index in [-0.39, 0.29) is 32.1 Å². The zero-order valence-electron chi connectivity index (χ0n) is 38.0. The molecule has 1 heterocycles. The highest BCUT2D eigenvalue weighted by molar-refractivity contribution is 5.78. The third kappa shape index (κ3) is 23.9. The van der Waals surface area contributed by atoms with Crippen LogP contribution >= 0.6 is 0 Å². The lowest BCUT2D eigenvalue weighted by molar-refractivity contribution is -0.206. The second kappa shape index (κ2) is 34.9. The molecule has 0 saturated carbocycles. The van der Waals surface area contributed by atoms with Crippen molar-refractivity contribution in [2.45, 2.75) is 250 Å². The molecule has 2 amide bonds. The Bertz CT molecular complexity index is 1030. The smallest absolute Gasteiger partial charge is 0.303 e. The molecule has 0 radical (unpaired) electrons. The van der Waals surface area contributed by atoms with Crippen molar-refractivity contribution in [3.8, 4) is 0 Å². The van der Waals surface area contributed by atoms with Crippen LogP contribution in [0.5, 0.6) is 0 Å². The number of aliphatic hydroxyl groups excluding tert-OH is 3. The van der Waals surface area contributed by atoms with Gasteiger partial charge in [0.1, 0.15) is 30.0 Å². The van der Waals surface area contributed by atoms with E-state index in [4.69, 9.17) is 14.2 Å². The number of unbranched alkanes of at least 4 members (excludes halogenated alkanes) is 25. The molecule has 0 bridgehead atoms. The van der Waals surface area contributed by atoms with Crippen LogP contribution in [0.1, 0.15) is 214 Å². The van der Waals surface area contributed by atoms with Crippen molar-refractivity contribution in [1.82, 2.24) is 10.2 Å². The van der Waals surface area contributed by atoms with E-state index in [1.807, 2.05) is 0 Å². The number of hydrogen-bond acceptors (Lipinski definition) is 9. The lowest BCUT2D eigenvalue weighted by Crippen LogP contribution is -2.76. The topological polar surface area (TPSA) is 155 Å². The second-order valence-electron chi connectivity index (χ2n) is 17.3. The molecule has 1 aliphatic rings. The number of carbonyl (C=O) groups is 3. The van der Waals surface area contributed by atoms with Crippen LogP contribution in [0, 0.1) is 0 Å². The number of rotatable bonds is 38. The highest BCUT2D eigenvalue weighted by Crippen LogP contribution is 2.31. The van der Waals surface area contributed by atoms with Gasteiger partial charge in [-0.05, 0) is 19.8 Å². The van der Waals surface area contributed by atoms with Gasteiger partial charge in [-0.1, -0.05) is 174 Å². The minimum Gasteiger partial charge on any atom is -0.458 e. The maximum atomic E-state index is 14.1. The molecule has 0 aromatic heterocycles. The minimum absolute atomic E-state index is 0.0235. The first-order valence-corrected chi connectivity index (χ1v) is 24.0. The van der Waals surface area contributed by atoms with Crippen LogP contribution in [-0.2, 0) is 28.6 Å². The number of carbonyl (C=O) groups excluding carboxylic acids is 3. The molecule has 342 valence electrons. The van der Waals surface area contributed by atoms with Crippen molar-refractivity contribution in [1.29, 1.82) is 0 Å². The Morgan fingerprint density at radius 2 is 1.14 bits per heavy atom. The van der Waals surface area contributed by atoms with Gasteiger partial charge in [-0.15, -0.1) is 0 Å². The summed E-state index contributed by atoms with van der Waals surface area (Å²) < 4.78 is 17.5. The summed E-state index contributed by atoms with van der Waals surface area (Å²) in [6.45, 7) is 8.65. The molecule has 1 rings (SSSR count). The van der Waals surface area contributed by atoms with Crippen LogP contribution in [0.15, 0.2) is 0 Å². The van der Waals surface area contributed by atoms with Crippen molar-refractivity contribution < 1.29 is 43.9 Å². The van der Waals surface area contributed by atoms with Crippen LogP contribution in [-0.4, -0.2) is 107 Å². The van der Waals surface area contributed by atoms with E-state index >= 15 is 0 Å². The average molecular weight is 827 g/mol. The number of ether oxygens (including phenoxy) is 3. The van der Waals surface area contributed by atoms with Gasteiger partial charge in [0.2, 0.25) is 11.8 Å².